The highest BCUT2D eigenvalue weighted by molar-refractivity contribution is 7.89. The van der Waals surface area contributed by atoms with E-state index < -0.39 is 22.0 Å². The predicted octanol–water partition coefficient (Wildman–Crippen LogP) is 0.462. The first-order chi connectivity index (χ1) is 11.4. The van der Waals surface area contributed by atoms with Crippen molar-refractivity contribution < 1.29 is 23.1 Å². The van der Waals surface area contributed by atoms with Gasteiger partial charge in [0.25, 0.3) is 0 Å². The van der Waals surface area contributed by atoms with Crippen molar-refractivity contribution in [2.75, 3.05) is 13.1 Å². The fraction of sp³-hybridized carbons (Fsp3) is 0.533. The van der Waals surface area contributed by atoms with E-state index in [1.165, 1.54) is 22.8 Å². The van der Waals surface area contributed by atoms with E-state index in [0.717, 1.165) is 0 Å². The molecule has 1 saturated heterocycles. The Morgan fingerprint density at radius 1 is 1.42 bits per heavy atom. The van der Waals surface area contributed by atoms with Crippen molar-refractivity contribution in [3.63, 3.8) is 0 Å². The zero-order valence-corrected chi connectivity index (χ0v) is 14.2. The molecule has 0 radical (unpaired) electrons. The molecule has 1 aromatic rings. The summed E-state index contributed by atoms with van der Waals surface area (Å²) in [6.07, 6.45) is 3.83. The Kier molecular flexibility index (Phi) is 5.89. The number of carboxylic acid groups (broad SMARTS) is 1. The van der Waals surface area contributed by atoms with Gasteiger partial charge in [-0.15, -0.1) is 0 Å². The molecular formula is C15H21N3O5S. The molecule has 1 aliphatic heterocycles. The smallest absolute Gasteiger partial charge is 0.326 e. The Morgan fingerprint density at radius 3 is 2.58 bits per heavy atom. The minimum atomic E-state index is -3.61. The van der Waals surface area contributed by atoms with Crippen molar-refractivity contribution in [1.29, 1.82) is 0 Å². The van der Waals surface area contributed by atoms with Gasteiger partial charge in [0.2, 0.25) is 15.9 Å². The van der Waals surface area contributed by atoms with Gasteiger partial charge in [-0.05, 0) is 31.4 Å². The van der Waals surface area contributed by atoms with Crippen molar-refractivity contribution in [3.05, 3.63) is 24.5 Å². The highest BCUT2D eigenvalue weighted by Gasteiger charge is 2.33. The van der Waals surface area contributed by atoms with E-state index >= 15 is 0 Å². The van der Waals surface area contributed by atoms with Crippen LogP contribution in [0.15, 0.2) is 29.4 Å². The molecule has 0 bridgehead atoms. The number of hydrogen-bond donors (Lipinski definition) is 2. The highest BCUT2D eigenvalue weighted by Crippen LogP contribution is 2.23. The van der Waals surface area contributed by atoms with Gasteiger partial charge in [-0.2, -0.15) is 4.31 Å². The summed E-state index contributed by atoms with van der Waals surface area (Å²) in [5, 5.41) is 11.5. The first-order valence-electron chi connectivity index (χ1n) is 7.79. The van der Waals surface area contributed by atoms with Crippen molar-refractivity contribution >= 4 is 21.9 Å². The molecule has 0 spiro atoms. The lowest BCUT2D eigenvalue weighted by Gasteiger charge is -2.31. The second-order valence-electron chi connectivity index (χ2n) is 5.67. The summed E-state index contributed by atoms with van der Waals surface area (Å²) in [5.74, 6) is -1.77. The van der Waals surface area contributed by atoms with E-state index in [9.17, 15) is 18.0 Å². The van der Waals surface area contributed by atoms with Crippen LogP contribution in [0.2, 0.25) is 0 Å². The number of hydrogen-bond acceptors (Lipinski definition) is 5. The SMILES string of the molecule is CCC(NC(=O)C1CCN(S(=O)(=O)c2cccnc2)CC1)C(=O)O. The van der Waals surface area contributed by atoms with E-state index in [1.807, 2.05) is 0 Å². The third kappa shape index (κ3) is 4.09. The van der Waals surface area contributed by atoms with E-state index in [4.69, 9.17) is 5.11 Å². The maximum absolute atomic E-state index is 12.5. The molecule has 2 heterocycles. The number of nitrogens with zero attached hydrogens (tertiary/aromatic N) is 2. The summed E-state index contributed by atoms with van der Waals surface area (Å²) < 4.78 is 26.3. The van der Waals surface area contributed by atoms with Crippen molar-refractivity contribution in [3.8, 4) is 0 Å². The Balaban J connectivity index is 1.96. The number of carbonyl (C=O) groups excluding carboxylic acids is 1. The number of carboxylic acids is 1. The van der Waals surface area contributed by atoms with Gasteiger partial charge in [0.15, 0.2) is 0 Å². The number of sulfonamides is 1. The molecule has 1 atom stereocenters. The molecule has 2 N–H and O–H groups in total. The normalized spacial score (nSPS) is 18.0. The van der Waals surface area contributed by atoms with Gasteiger partial charge < -0.3 is 10.4 Å². The molecule has 1 aromatic heterocycles. The first kappa shape index (κ1) is 18.3. The lowest BCUT2D eigenvalue weighted by Crippen LogP contribution is -2.47. The monoisotopic (exact) mass is 355 g/mol. The Bertz CT molecular complexity index is 684. The van der Waals surface area contributed by atoms with Crippen LogP contribution in [0.4, 0.5) is 0 Å². The molecule has 0 saturated carbocycles. The Labute approximate surface area is 140 Å². The standard InChI is InChI=1S/C15H21N3O5S/c1-2-13(15(20)21)17-14(19)11-5-8-18(9-6-11)24(22,23)12-4-3-7-16-10-12/h3-4,7,10-11,13H,2,5-6,8-9H2,1H3,(H,17,19)(H,20,21). The van der Waals surface area contributed by atoms with Crippen LogP contribution >= 0.6 is 0 Å². The molecule has 0 aliphatic carbocycles. The predicted molar refractivity (Wildman–Crippen MR) is 85.6 cm³/mol. The Hall–Kier alpha value is -2.00. The van der Waals surface area contributed by atoms with E-state index in [0.29, 0.717) is 19.3 Å². The number of aliphatic carboxylic acids is 1. The second kappa shape index (κ2) is 7.71. The quantitative estimate of drug-likeness (QED) is 0.766. The molecular weight excluding hydrogens is 334 g/mol. The van der Waals surface area contributed by atoms with Gasteiger partial charge in [-0.25, -0.2) is 13.2 Å². The lowest BCUT2D eigenvalue weighted by atomic mass is 9.97. The van der Waals surface area contributed by atoms with Gasteiger partial charge in [-0.3, -0.25) is 9.78 Å². The number of piperidine rings is 1. The van der Waals surface area contributed by atoms with Crippen molar-refractivity contribution in [1.82, 2.24) is 14.6 Å². The average molecular weight is 355 g/mol. The largest absolute Gasteiger partial charge is 0.480 e. The number of rotatable bonds is 6. The maximum atomic E-state index is 12.5. The summed E-state index contributed by atoms with van der Waals surface area (Å²) in [6, 6.07) is 2.14. The first-order valence-corrected chi connectivity index (χ1v) is 9.23. The number of amides is 1. The second-order valence-corrected chi connectivity index (χ2v) is 7.61. The van der Waals surface area contributed by atoms with Crippen LogP contribution in [0.5, 0.6) is 0 Å². The molecule has 0 aromatic carbocycles. The molecule has 2 rings (SSSR count). The fourth-order valence-corrected chi connectivity index (χ4v) is 4.07. The van der Waals surface area contributed by atoms with Crippen molar-refractivity contribution in [2.45, 2.75) is 37.1 Å². The van der Waals surface area contributed by atoms with Crippen LogP contribution in [0.25, 0.3) is 0 Å². The average Bonchev–Trinajstić information content (AvgIpc) is 2.60. The van der Waals surface area contributed by atoms with E-state index in [1.54, 1.807) is 13.0 Å². The zero-order valence-electron chi connectivity index (χ0n) is 13.4. The van der Waals surface area contributed by atoms with E-state index in [2.05, 4.69) is 10.3 Å². The molecule has 1 amide bonds. The molecule has 24 heavy (non-hydrogen) atoms. The summed E-state index contributed by atoms with van der Waals surface area (Å²) >= 11 is 0. The number of pyridine rings is 1. The van der Waals surface area contributed by atoms with Crippen LogP contribution in [-0.4, -0.2) is 53.8 Å². The summed E-state index contributed by atoms with van der Waals surface area (Å²) in [5.41, 5.74) is 0. The summed E-state index contributed by atoms with van der Waals surface area (Å²) in [4.78, 5) is 27.1. The van der Waals surface area contributed by atoms with Crippen LogP contribution in [0, 0.1) is 5.92 Å². The van der Waals surface area contributed by atoms with Crippen LogP contribution < -0.4 is 5.32 Å². The van der Waals surface area contributed by atoms with Gasteiger partial charge >= 0.3 is 5.97 Å². The third-order valence-corrected chi connectivity index (χ3v) is 6.00. The fourth-order valence-electron chi connectivity index (χ4n) is 2.64. The maximum Gasteiger partial charge on any atom is 0.326 e. The number of carbonyl (C=O) groups is 2. The minimum absolute atomic E-state index is 0.129. The number of nitrogens with one attached hydrogen (secondary N) is 1. The van der Waals surface area contributed by atoms with Gasteiger partial charge in [-0.1, -0.05) is 6.92 Å². The van der Waals surface area contributed by atoms with Crippen LogP contribution in [0.3, 0.4) is 0 Å². The summed E-state index contributed by atoms with van der Waals surface area (Å²) in [7, 11) is -3.61. The summed E-state index contributed by atoms with van der Waals surface area (Å²) in [6.45, 7) is 2.13. The Morgan fingerprint density at radius 2 is 2.08 bits per heavy atom. The van der Waals surface area contributed by atoms with E-state index in [-0.39, 0.29) is 29.8 Å². The number of aromatic nitrogens is 1. The highest BCUT2D eigenvalue weighted by atomic mass is 32.2. The molecule has 9 heteroatoms. The molecule has 1 aliphatic rings. The topological polar surface area (TPSA) is 117 Å². The lowest BCUT2D eigenvalue weighted by molar-refractivity contribution is -0.142. The molecule has 132 valence electrons. The van der Waals surface area contributed by atoms with Gasteiger partial charge in [0.05, 0.1) is 0 Å². The minimum Gasteiger partial charge on any atom is -0.480 e. The van der Waals surface area contributed by atoms with Crippen LogP contribution in [-0.2, 0) is 19.6 Å². The zero-order chi connectivity index (χ0) is 17.7. The van der Waals surface area contributed by atoms with Gasteiger partial charge in [0, 0.05) is 31.4 Å². The molecule has 8 nitrogen and oxygen atoms in total. The molecule has 1 fully saturated rings. The molecule has 1 unspecified atom stereocenters. The third-order valence-electron chi connectivity index (χ3n) is 4.12. The van der Waals surface area contributed by atoms with Gasteiger partial charge in [0.1, 0.15) is 10.9 Å². The van der Waals surface area contributed by atoms with Crippen LogP contribution in [0.1, 0.15) is 26.2 Å². The van der Waals surface area contributed by atoms with Crippen molar-refractivity contribution in [2.24, 2.45) is 5.92 Å².